The lowest BCUT2D eigenvalue weighted by Crippen LogP contribution is -2.26. The average molecular weight is 334 g/mol. The summed E-state index contributed by atoms with van der Waals surface area (Å²) in [5.74, 6) is -1.87. The third-order valence-corrected chi connectivity index (χ3v) is 4.20. The topological polar surface area (TPSA) is 107 Å². The van der Waals surface area contributed by atoms with Crippen LogP contribution >= 0.6 is 11.8 Å². The van der Waals surface area contributed by atoms with Gasteiger partial charge in [-0.15, -0.1) is 5.10 Å². The van der Waals surface area contributed by atoms with Crippen molar-refractivity contribution in [1.29, 1.82) is 0 Å². The van der Waals surface area contributed by atoms with Gasteiger partial charge in [-0.1, -0.05) is 11.8 Å². The Labute approximate surface area is 133 Å². The quantitative estimate of drug-likeness (QED) is 0.584. The number of amides is 1. The summed E-state index contributed by atoms with van der Waals surface area (Å²) in [6, 6.07) is 4.80. The van der Waals surface area contributed by atoms with Crippen LogP contribution < -0.4 is 5.32 Å². The number of benzene rings is 1. The van der Waals surface area contributed by atoms with Crippen LogP contribution in [0.2, 0.25) is 0 Å². The number of hydrogen-bond donors (Lipinski definition) is 3. The van der Waals surface area contributed by atoms with Gasteiger partial charge in [0.15, 0.2) is 5.17 Å². The number of aliphatic carboxylic acids is 1. The molecule has 1 atom stereocenters. The van der Waals surface area contributed by atoms with E-state index in [0.717, 1.165) is 11.8 Å². The van der Waals surface area contributed by atoms with Gasteiger partial charge < -0.3 is 15.4 Å². The monoisotopic (exact) mass is 334 g/mol. The number of fused-ring (bicyclic) bond motifs is 1. The predicted molar refractivity (Wildman–Crippen MR) is 85.1 cm³/mol. The Hall–Kier alpha value is -2.68. The lowest BCUT2D eigenvalue weighted by atomic mass is 10.1. The number of nitrogens with one attached hydrogen (secondary N) is 2. The molecule has 2 aromatic rings. The van der Waals surface area contributed by atoms with E-state index >= 15 is 0 Å². The maximum absolute atomic E-state index is 13.8. The van der Waals surface area contributed by atoms with E-state index in [0.29, 0.717) is 16.5 Å². The van der Waals surface area contributed by atoms with Gasteiger partial charge in [-0.3, -0.25) is 9.59 Å². The second-order valence-corrected chi connectivity index (χ2v) is 5.98. The van der Waals surface area contributed by atoms with E-state index in [1.807, 2.05) is 0 Å². The molecule has 3 rings (SSSR count). The van der Waals surface area contributed by atoms with Gasteiger partial charge in [0.2, 0.25) is 5.91 Å². The molecule has 1 amide bonds. The SMILES string of the molecule is O=C(O)CC1SC(=NN=Cc2cc(F)c3[nH]ccc3c2)NC1=O. The number of aromatic nitrogens is 1. The summed E-state index contributed by atoms with van der Waals surface area (Å²) in [7, 11) is 0. The van der Waals surface area contributed by atoms with Gasteiger partial charge in [-0.05, 0) is 23.8 Å². The molecule has 1 fully saturated rings. The molecule has 1 aliphatic heterocycles. The van der Waals surface area contributed by atoms with Crippen LogP contribution in [0, 0.1) is 5.82 Å². The van der Waals surface area contributed by atoms with E-state index in [1.165, 1.54) is 12.3 Å². The van der Waals surface area contributed by atoms with Crippen LogP contribution in [0.15, 0.2) is 34.6 Å². The number of thioether (sulfide) groups is 1. The van der Waals surface area contributed by atoms with Crippen molar-refractivity contribution in [2.45, 2.75) is 11.7 Å². The maximum Gasteiger partial charge on any atom is 0.305 e. The van der Waals surface area contributed by atoms with Crippen LogP contribution in [-0.4, -0.2) is 38.6 Å². The lowest BCUT2D eigenvalue weighted by molar-refractivity contribution is -0.138. The number of carbonyl (C=O) groups excluding carboxylic acids is 1. The first-order valence-corrected chi connectivity index (χ1v) is 7.48. The number of amidine groups is 1. The summed E-state index contributed by atoms with van der Waals surface area (Å²) in [6.45, 7) is 0. The molecular weight excluding hydrogens is 323 g/mol. The van der Waals surface area contributed by atoms with Crippen LogP contribution in [0.25, 0.3) is 10.9 Å². The van der Waals surface area contributed by atoms with E-state index < -0.39 is 22.9 Å². The molecule has 0 spiro atoms. The van der Waals surface area contributed by atoms with Crippen molar-refractivity contribution >= 4 is 45.9 Å². The predicted octanol–water partition coefficient (Wildman–Crippen LogP) is 1.70. The van der Waals surface area contributed by atoms with Gasteiger partial charge in [0.1, 0.15) is 11.1 Å². The number of carboxylic acid groups (broad SMARTS) is 1. The molecule has 1 unspecified atom stereocenters. The zero-order chi connectivity index (χ0) is 16.4. The zero-order valence-corrected chi connectivity index (χ0v) is 12.4. The Balaban J connectivity index is 1.72. The maximum atomic E-state index is 13.8. The number of rotatable bonds is 4. The first-order valence-electron chi connectivity index (χ1n) is 6.60. The third-order valence-electron chi connectivity index (χ3n) is 3.13. The second kappa shape index (κ2) is 6.21. The normalized spacial score (nSPS) is 19.8. The van der Waals surface area contributed by atoms with E-state index in [2.05, 4.69) is 20.5 Å². The first-order chi connectivity index (χ1) is 11.0. The first kappa shape index (κ1) is 15.2. The Bertz CT molecular complexity index is 846. The van der Waals surface area contributed by atoms with Crippen molar-refractivity contribution in [2.75, 3.05) is 0 Å². The van der Waals surface area contributed by atoms with Crippen molar-refractivity contribution in [3.05, 3.63) is 35.8 Å². The molecular formula is C14H11FN4O3S. The second-order valence-electron chi connectivity index (χ2n) is 4.79. The molecule has 1 aliphatic rings. The van der Waals surface area contributed by atoms with Gasteiger partial charge in [0.25, 0.3) is 0 Å². The summed E-state index contributed by atoms with van der Waals surface area (Å²) >= 11 is 1.01. The number of H-pyrrole nitrogens is 1. The fourth-order valence-electron chi connectivity index (χ4n) is 2.12. The van der Waals surface area contributed by atoms with Crippen molar-refractivity contribution in [1.82, 2.24) is 10.3 Å². The summed E-state index contributed by atoms with van der Waals surface area (Å²) < 4.78 is 13.8. The number of carbonyl (C=O) groups is 2. The highest BCUT2D eigenvalue weighted by Gasteiger charge is 2.32. The van der Waals surface area contributed by atoms with Crippen LogP contribution in [0.5, 0.6) is 0 Å². The minimum absolute atomic E-state index is 0.223. The molecule has 0 aliphatic carbocycles. The highest BCUT2D eigenvalue weighted by molar-refractivity contribution is 8.15. The fourth-order valence-corrected chi connectivity index (χ4v) is 3.03. The molecule has 3 N–H and O–H groups in total. The summed E-state index contributed by atoms with van der Waals surface area (Å²) in [6.07, 6.45) is 2.72. The molecule has 7 nitrogen and oxygen atoms in total. The Kier molecular flexibility index (Phi) is 4.11. The average Bonchev–Trinajstić information content (AvgIpc) is 3.06. The van der Waals surface area contributed by atoms with E-state index in [4.69, 9.17) is 5.11 Å². The van der Waals surface area contributed by atoms with Gasteiger partial charge in [-0.2, -0.15) is 5.10 Å². The largest absolute Gasteiger partial charge is 0.481 e. The van der Waals surface area contributed by atoms with Crippen molar-refractivity contribution in [3.8, 4) is 0 Å². The number of hydrogen-bond acceptors (Lipinski definition) is 5. The van der Waals surface area contributed by atoms with Crippen LogP contribution in [0.4, 0.5) is 4.39 Å². The van der Waals surface area contributed by atoms with E-state index in [9.17, 15) is 14.0 Å². The van der Waals surface area contributed by atoms with Crippen LogP contribution in [0.3, 0.4) is 0 Å². The fraction of sp³-hybridized carbons (Fsp3) is 0.143. The number of nitrogens with zero attached hydrogens (tertiary/aromatic N) is 2. The number of halogens is 1. The van der Waals surface area contributed by atoms with Crippen molar-refractivity contribution in [2.24, 2.45) is 10.2 Å². The van der Waals surface area contributed by atoms with Gasteiger partial charge in [0.05, 0.1) is 18.2 Å². The van der Waals surface area contributed by atoms with Crippen LogP contribution in [-0.2, 0) is 9.59 Å². The number of carboxylic acids is 1. The smallest absolute Gasteiger partial charge is 0.305 e. The van der Waals surface area contributed by atoms with Crippen molar-refractivity contribution < 1.29 is 19.1 Å². The summed E-state index contributed by atoms with van der Waals surface area (Å²) in [4.78, 5) is 25.0. The molecule has 118 valence electrons. The molecule has 1 aromatic carbocycles. The highest BCUT2D eigenvalue weighted by atomic mass is 32.2. The molecule has 1 saturated heterocycles. The standard InChI is InChI=1S/C14H11FN4O3S/c15-9-4-7(3-8-1-2-16-12(8)9)6-17-19-14-18-13(22)10(23-14)5-11(20)21/h1-4,6,10,16H,5H2,(H,20,21)(H,18,19,22). The third kappa shape index (κ3) is 3.39. The highest BCUT2D eigenvalue weighted by Crippen LogP contribution is 2.22. The molecule has 23 heavy (non-hydrogen) atoms. The minimum atomic E-state index is -1.06. The number of aromatic amines is 1. The molecule has 9 heteroatoms. The molecule has 0 bridgehead atoms. The van der Waals surface area contributed by atoms with Gasteiger partial charge >= 0.3 is 5.97 Å². The van der Waals surface area contributed by atoms with Gasteiger partial charge in [-0.25, -0.2) is 4.39 Å². The minimum Gasteiger partial charge on any atom is -0.481 e. The summed E-state index contributed by atoms with van der Waals surface area (Å²) in [5, 5.41) is 19.0. The lowest BCUT2D eigenvalue weighted by Gasteiger charge is -1.98. The Morgan fingerprint density at radius 2 is 2.30 bits per heavy atom. The molecule has 0 radical (unpaired) electrons. The zero-order valence-electron chi connectivity index (χ0n) is 11.6. The molecule has 0 saturated carbocycles. The van der Waals surface area contributed by atoms with E-state index in [-0.39, 0.29) is 11.6 Å². The molecule has 1 aromatic heterocycles. The van der Waals surface area contributed by atoms with E-state index in [1.54, 1.807) is 18.3 Å². The summed E-state index contributed by atoms with van der Waals surface area (Å²) in [5.41, 5.74) is 0.943. The molecule has 2 heterocycles. The Morgan fingerprint density at radius 1 is 1.48 bits per heavy atom. The Morgan fingerprint density at radius 3 is 3.09 bits per heavy atom. The van der Waals surface area contributed by atoms with Crippen LogP contribution in [0.1, 0.15) is 12.0 Å². The van der Waals surface area contributed by atoms with Gasteiger partial charge in [0, 0.05) is 11.6 Å². The van der Waals surface area contributed by atoms with Crippen molar-refractivity contribution in [3.63, 3.8) is 0 Å².